The quantitative estimate of drug-likeness (QED) is 0.300. The SMILES string of the molecule is COc1ccc(OC)c(N(CC(=O)N(Cc2cccc(Br)c2)[C@H](Cc2ccccc2)C(=O)NC(C)(C)C)S(C)(=O)=O)c1. The van der Waals surface area contributed by atoms with Crippen LogP contribution in [0.1, 0.15) is 31.9 Å². The number of ether oxygens (including phenoxy) is 2. The number of methoxy groups -OCH3 is 2. The van der Waals surface area contributed by atoms with Crippen molar-refractivity contribution in [2.45, 2.75) is 45.3 Å². The molecule has 0 saturated heterocycles. The lowest BCUT2D eigenvalue weighted by Gasteiger charge is -2.35. The van der Waals surface area contributed by atoms with Crippen LogP contribution in [0.5, 0.6) is 11.5 Å². The van der Waals surface area contributed by atoms with E-state index < -0.39 is 34.1 Å². The Hall–Kier alpha value is -3.57. The van der Waals surface area contributed by atoms with Gasteiger partial charge in [0.05, 0.1) is 26.2 Å². The van der Waals surface area contributed by atoms with E-state index in [9.17, 15) is 18.0 Å². The summed E-state index contributed by atoms with van der Waals surface area (Å²) in [5.41, 5.74) is 1.20. The van der Waals surface area contributed by atoms with E-state index in [2.05, 4.69) is 21.2 Å². The fourth-order valence-electron chi connectivity index (χ4n) is 4.43. The smallest absolute Gasteiger partial charge is 0.244 e. The summed E-state index contributed by atoms with van der Waals surface area (Å²) >= 11 is 3.48. The average Bonchev–Trinajstić information content (AvgIpc) is 2.92. The predicted octanol–water partition coefficient (Wildman–Crippen LogP) is 4.79. The van der Waals surface area contributed by atoms with Crippen LogP contribution in [-0.2, 0) is 32.6 Å². The number of sulfonamides is 1. The molecule has 0 aromatic heterocycles. The minimum Gasteiger partial charge on any atom is -0.497 e. The van der Waals surface area contributed by atoms with Gasteiger partial charge in [0.2, 0.25) is 21.8 Å². The first-order valence-corrected chi connectivity index (χ1v) is 16.0. The second-order valence-corrected chi connectivity index (χ2v) is 13.7. The van der Waals surface area contributed by atoms with E-state index in [-0.39, 0.29) is 30.3 Å². The summed E-state index contributed by atoms with van der Waals surface area (Å²) in [5, 5.41) is 3.01. The Morgan fingerprint density at radius 3 is 2.17 bits per heavy atom. The number of hydrogen-bond acceptors (Lipinski definition) is 6. The number of benzene rings is 3. The van der Waals surface area contributed by atoms with E-state index in [0.717, 1.165) is 26.2 Å². The van der Waals surface area contributed by atoms with Gasteiger partial charge in [-0.05, 0) is 56.2 Å². The summed E-state index contributed by atoms with van der Waals surface area (Å²) in [5.74, 6) is -0.266. The molecule has 3 aromatic rings. The summed E-state index contributed by atoms with van der Waals surface area (Å²) in [7, 11) is -1.10. The average molecular weight is 661 g/mol. The Balaban J connectivity index is 2.13. The van der Waals surface area contributed by atoms with E-state index in [1.807, 2.05) is 75.4 Å². The van der Waals surface area contributed by atoms with Gasteiger partial charge in [-0.3, -0.25) is 13.9 Å². The van der Waals surface area contributed by atoms with Gasteiger partial charge in [-0.2, -0.15) is 0 Å². The predicted molar refractivity (Wildman–Crippen MR) is 168 cm³/mol. The third-order valence-electron chi connectivity index (χ3n) is 6.35. The molecule has 1 N–H and O–H groups in total. The maximum Gasteiger partial charge on any atom is 0.244 e. The van der Waals surface area contributed by atoms with Crippen molar-refractivity contribution in [2.24, 2.45) is 0 Å². The molecule has 0 aliphatic heterocycles. The van der Waals surface area contributed by atoms with Crippen molar-refractivity contribution in [3.63, 3.8) is 0 Å². The number of rotatable bonds is 12. The number of amides is 2. The molecule has 3 aromatic carbocycles. The van der Waals surface area contributed by atoms with Crippen LogP contribution in [0.3, 0.4) is 0 Å². The zero-order chi connectivity index (χ0) is 31.1. The fourth-order valence-corrected chi connectivity index (χ4v) is 5.72. The van der Waals surface area contributed by atoms with Gasteiger partial charge in [-0.1, -0.05) is 58.4 Å². The molecule has 0 aliphatic rings. The van der Waals surface area contributed by atoms with E-state index in [1.54, 1.807) is 12.1 Å². The summed E-state index contributed by atoms with van der Waals surface area (Å²) < 4.78 is 38.8. The van der Waals surface area contributed by atoms with Crippen molar-refractivity contribution in [3.05, 3.63) is 88.4 Å². The van der Waals surface area contributed by atoms with E-state index in [4.69, 9.17) is 9.47 Å². The molecule has 2 amide bonds. The first kappa shape index (κ1) is 32.9. The topological polar surface area (TPSA) is 105 Å². The standard InChI is InChI=1S/C31H38BrN3O6S/c1-31(2,3)33-30(37)27(18-22-11-8-7-9-12-22)34(20-23-13-10-14-24(32)17-23)29(36)21-35(42(6,38)39)26-19-25(40-4)15-16-28(26)41-5/h7-17,19,27H,18,20-21H2,1-6H3,(H,33,37)/t27-/m1/s1. The van der Waals surface area contributed by atoms with Crippen LogP contribution in [0.25, 0.3) is 0 Å². The summed E-state index contributed by atoms with van der Waals surface area (Å²) in [6.45, 7) is 5.10. The van der Waals surface area contributed by atoms with E-state index in [1.165, 1.54) is 25.2 Å². The Labute approximate surface area is 257 Å². The molecular weight excluding hydrogens is 622 g/mol. The van der Waals surface area contributed by atoms with Crippen LogP contribution in [0.2, 0.25) is 0 Å². The Morgan fingerprint density at radius 1 is 0.929 bits per heavy atom. The largest absolute Gasteiger partial charge is 0.497 e. The van der Waals surface area contributed by atoms with Gasteiger partial charge in [-0.25, -0.2) is 8.42 Å². The van der Waals surface area contributed by atoms with Crippen LogP contribution in [0.4, 0.5) is 5.69 Å². The van der Waals surface area contributed by atoms with E-state index in [0.29, 0.717) is 5.75 Å². The molecule has 1 atom stereocenters. The van der Waals surface area contributed by atoms with Crippen LogP contribution >= 0.6 is 15.9 Å². The number of carbonyl (C=O) groups is 2. The highest BCUT2D eigenvalue weighted by Gasteiger charge is 2.35. The highest BCUT2D eigenvalue weighted by molar-refractivity contribution is 9.10. The van der Waals surface area contributed by atoms with Crippen molar-refractivity contribution in [1.82, 2.24) is 10.2 Å². The maximum atomic E-state index is 14.3. The van der Waals surface area contributed by atoms with Gasteiger partial charge < -0.3 is 19.7 Å². The van der Waals surface area contributed by atoms with Crippen molar-refractivity contribution >= 4 is 43.5 Å². The first-order chi connectivity index (χ1) is 19.7. The third kappa shape index (κ3) is 9.22. The zero-order valence-electron chi connectivity index (χ0n) is 24.8. The maximum absolute atomic E-state index is 14.3. The summed E-state index contributed by atoms with van der Waals surface area (Å²) in [6.07, 6.45) is 1.25. The number of hydrogen-bond donors (Lipinski definition) is 1. The molecule has 0 spiro atoms. The molecular formula is C31H38BrN3O6S. The summed E-state index contributed by atoms with van der Waals surface area (Å²) in [4.78, 5) is 29.5. The normalized spacial score (nSPS) is 12.3. The third-order valence-corrected chi connectivity index (χ3v) is 7.96. The molecule has 42 heavy (non-hydrogen) atoms. The number of nitrogens with one attached hydrogen (secondary N) is 1. The van der Waals surface area contributed by atoms with Gasteiger partial charge in [0.15, 0.2) is 0 Å². The van der Waals surface area contributed by atoms with Gasteiger partial charge >= 0.3 is 0 Å². The fraction of sp³-hybridized carbons (Fsp3) is 0.355. The molecule has 11 heteroatoms. The van der Waals surface area contributed by atoms with Crippen LogP contribution in [-0.4, -0.2) is 63.7 Å². The second kappa shape index (κ2) is 14.1. The monoisotopic (exact) mass is 659 g/mol. The minimum atomic E-state index is -3.98. The van der Waals surface area contributed by atoms with E-state index >= 15 is 0 Å². The van der Waals surface area contributed by atoms with Gasteiger partial charge in [0.1, 0.15) is 24.1 Å². The summed E-state index contributed by atoms with van der Waals surface area (Å²) in [6, 6.07) is 20.6. The molecule has 0 aliphatic carbocycles. The molecule has 0 fully saturated rings. The molecule has 3 rings (SSSR count). The molecule has 0 radical (unpaired) electrons. The molecule has 0 saturated carbocycles. The van der Waals surface area contributed by atoms with Gasteiger partial charge in [0, 0.05) is 29.0 Å². The van der Waals surface area contributed by atoms with Gasteiger partial charge in [0.25, 0.3) is 0 Å². The number of anilines is 1. The Bertz CT molecular complexity index is 1490. The molecule has 226 valence electrons. The molecule has 0 unspecified atom stereocenters. The van der Waals surface area contributed by atoms with Crippen molar-refractivity contribution < 1.29 is 27.5 Å². The Morgan fingerprint density at radius 2 is 1.60 bits per heavy atom. The lowest BCUT2D eigenvalue weighted by atomic mass is 10.0. The minimum absolute atomic E-state index is 0.0696. The first-order valence-electron chi connectivity index (χ1n) is 13.3. The number of halogens is 1. The van der Waals surface area contributed by atoms with Crippen molar-refractivity contribution in [2.75, 3.05) is 31.3 Å². The van der Waals surface area contributed by atoms with Crippen molar-refractivity contribution in [1.29, 1.82) is 0 Å². The lowest BCUT2D eigenvalue weighted by molar-refractivity contribution is -0.140. The van der Waals surface area contributed by atoms with Crippen LogP contribution in [0, 0.1) is 0 Å². The number of nitrogens with zero attached hydrogens (tertiary/aromatic N) is 2. The molecule has 0 heterocycles. The second-order valence-electron chi connectivity index (χ2n) is 10.9. The van der Waals surface area contributed by atoms with Crippen molar-refractivity contribution in [3.8, 4) is 11.5 Å². The van der Waals surface area contributed by atoms with Crippen LogP contribution < -0.4 is 19.1 Å². The number of carbonyl (C=O) groups excluding carboxylic acids is 2. The molecule has 9 nitrogen and oxygen atoms in total. The van der Waals surface area contributed by atoms with Gasteiger partial charge in [-0.15, -0.1) is 0 Å². The highest BCUT2D eigenvalue weighted by Crippen LogP contribution is 2.34. The Kier molecular flexibility index (Phi) is 11.0. The zero-order valence-corrected chi connectivity index (χ0v) is 27.2. The lowest BCUT2D eigenvalue weighted by Crippen LogP contribution is -2.56. The van der Waals surface area contributed by atoms with Crippen LogP contribution in [0.15, 0.2) is 77.3 Å². The highest BCUT2D eigenvalue weighted by atomic mass is 79.9. The molecule has 0 bridgehead atoms.